The van der Waals surface area contributed by atoms with Crippen molar-refractivity contribution in [3.63, 3.8) is 0 Å². The zero-order valence-corrected chi connectivity index (χ0v) is 30.6. The number of rotatable bonds is 12. The molecule has 0 unspecified atom stereocenters. The van der Waals surface area contributed by atoms with E-state index in [9.17, 15) is 24.3 Å². The lowest BCUT2D eigenvalue weighted by atomic mass is 10.0. The summed E-state index contributed by atoms with van der Waals surface area (Å²) in [5.41, 5.74) is 2.93. The Hall–Kier alpha value is -5.91. The zero-order valence-electron chi connectivity index (χ0n) is 30.6. The van der Waals surface area contributed by atoms with Crippen molar-refractivity contribution in [2.75, 3.05) is 13.7 Å². The number of aromatic nitrogens is 1. The van der Waals surface area contributed by atoms with Gasteiger partial charge in [0.1, 0.15) is 35.2 Å². The number of pyridine rings is 1. The number of carbonyl (C=O) groups is 4. The number of nitrogens with one attached hydrogen (secondary N) is 3. The lowest BCUT2D eigenvalue weighted by Gasteiger charge is -2.29. The Bertz CT molecular complexity index is 2110. The molecule has 280 valence electrons. The van der Waals surface area contributed by atoms with Gasteiger partial charge in [0.25, 0.3) is 0 Å². The number of aliphatic carboxylic acids is 1. The average molecular weight is 732 g/mol. The Kier molecular flexibility index (Phi) is 10.0. The summed E-state index contributed by atoms with van der Waals surface area (Å²) in [6.45, 7) is 7.42. The van der Waals surface area contributed by atoms with Gasteiger partial charge in [0.2, 0.25) is 11.8 Å². The van der Waals surface area contributed by atoms with Gasteiger partial charge in [-0.15, -0.1) is 6.58 Å². The van der Waals surface area contributed by atoms with Crippen LogP contribution in [0.3, 0.4) is 0 Å². The van der Waals surface area contributed by atoms with E-state index in [4.69, 9.17) is 14.5 Å². The monoisotopic (exact) mass is 731 g/mol. The Morgan fingerprint density at radius 1 is 1.04 bits per heavy atom. The van der Waals surface area contributed by atoms with E-state index >= 15 is 0 Å². The quantitative estimate of drug-likeness (QED) is 0.141. The van der Waals surface area contributed by atoms with E-state index in [-0.39, 0.29) is 37.3 Å². The van der Waals surface area contributed by atoms with Crippen LogP contribution < -0.4 is 25.4 Å². The van der Waals surface area contributed by atoms with Crippen LogP contribution >= 0.6 is 0 Å². The molecule has 1 saturated carbocycles. The number of aryl methyl sites for hydroxylation is 1. The fraction of sp³-hybridized carbons (Fsp3) is 0.357. The molecule has 1 aliphatic heterocycles. The van der Waals surface area contributed by atoms with E-state index in [2.05, 4.69) is 28.6 Å². The third-order valence-electron chi connectivity index (χ3n) is 10.9. The third-order valence-corrected chi connectivity index (χ3v) is 10.9. The van der Waals surface area contributed by atoms with Gasteiger partial charge in [-0.25, -0.2) is 14.6 Å². The Labute approximate surface area is 313 Å². The fourth-order valence-corrected chi connectivity index (χ4v) is 7.73. The minimum atomic E-state index is -1.50. The number of ether oxygens (including phenoxy) is 2. The maximum absolute atomic E-state index is 14.2. The van der Waals surface area contributed by atoms with E-state index in [0.717, 1.165) is 24.0 Å². The third kappa shape index (κ3) is 7.07. The summed E-state index contributed by atoms with van der Waals surface area (Å²) >= 11 is 0. The smallest absolute Gasteiger partial charge is 0.330 e. The van der Waals surface area contributed by atoms with E-state index < -0.39 is 47.6 Å². The van der Waals surface area contributed by atoms with Crippen LogP contribution in [0.4, 0.5) is 4.79 Å². The van der Waals surface area contributed by atoms with Gasteiger partial charge in [-0.2, -0.15) is 0 Å². The van der Waals surface area contributed by atoms with Gasteiger partial charge in [0.05, 0.1) is 30.9 Å². The Morgan fingerprint density at radius 3 is 2.50 bits per heavy atom. The second kappa shape index (κ2) is 14.8. The number of hydrogen-bond donors (Lipinski definition) is 4. The van der Waals surface area contributed by atoms with Crippen molar-refractivity contribution in [2.24, 2.45) is 11.8 Å². The van der Waals surface area contributed by atoms with Gasteiger partial charge in [-0.1, -0.05) is 74.5 Å². The number of urea groups is 1. The Balaban J connectivity index is 1.16. The number of benzene rings is 3. The number of carboxylic acids is 1. The summed E-state index contributed by atoms with van der Waals surface area (Å²) in [7, 11) is 1.58. The molecule has 1 aromatic heterocycles. The van der Waals surface area contributed by atoms with E-state index in [0.29, 0.717) is 28.1 Å². The van der Waals surface area contributed by atoms with Crippen LogP contribution in [0.15, 0.2) is 91.5 Å². The number of fused-ring (bicyclic) bond motifs is 2. The minimum Gasteiger partial charge on any atom is -0.497 e. The molecule has 7 rings (SSSR count). The number of methoxy groups -OCH3 is 1. The molecule has 1 saturated heterocycles. The topological polar surface area (TPSA) is 159 Å². The van der Waals surface area contributed by atoms with Gasteiger partial charge in [-0.3, -0.25) is 9.59 Å². The number of hydrogen-bond acceptors (Lipinski definition) is 7. The second-order valence-corrected chi connectivity index (χ2v) is 14.7. The molecule has 0 radical (unpaired) electrons. The Morgan fingerprint density at radius 2 is 1.80 bits per heavy atom. The molecule has 2 heterocycles. The lowest BCUT2D eigenvalue weighted by Crippen LogP contribution is -2.58. The number of carbonyl (C=O) groups excluding carboxylic acids is 3. The standard InChI is InChI=1S/C42H45N5O7/c1-5-27-22-42(27,40(50)51)46-38(48)35-20-29(54-36-21-33(26-12-7-6-8-13-26)43-34-19-28(53-4)16-17-31(34)36)23-47(35)41(52)45-37(24(2)3)39(49)44-32-18-15-25-11-9-10-14-30(25)32/h5-14,16-17,19,21,24,27,29,32,35,37H,1,15,18,20,22-23H2,2-4H3,(H,44,49)(H,45,52)(H,46,48)(H,50,51)/t27-,29-,32+,35+,37+,42-/m1/s1. The predicted molar refractivity (Wildman–Crippen MR) is 203 cm³/mol. The van der Waals surface area contributed by atoms with Crippen molar-refractivity contribution in [1.29, 1.82) is 0 Å². The summed E-state index contributed by atoms with van der Waals surface area (Å²) in [4.78, 5) is 60.5. The number of carboxylic acid groups (broad SMARTS) is 1. The average Bonchev–Trinajstić information content (AvgIpc) is 3.50. The van der Waals surface area contributed by atoms with Crippen LogP contribution in [-0.2, 0) is 20.8 Å². The van der Waals surface area contributed by atoms with E-state index in [1.165, 1.54) is 16.5 Å². The van der Waals surface area contributed by atoms with Gasteiger partial charge >= 0.3 is 12.0 Å². The summed E-state index contributed by atoms with van der Waals surface area (Å²) < 4.78 is 12.1. The van der Waals surface area contributed by atoms with Crippen molar-refractivity contribution in [2.45, 2.75) is 69.3 Å². The number of likely N-dealkylation sites (tertiary alicyclic amines) is 1. The SMILES string of the molecule is C=C[C@@H]1C[C@]1(NC(=O)[C@@H]1C[C@@H](Oc2cc(-c3ccccc3)nc3cc(OC)ccc23)CN1C(=O)N[C@H](C(=O)N[C@H]1CCc2ccccc21)C(C)C)C(=O)O. The second-order valence-electron chi connectivity index (χ2n) is 14.7. The van der Waals surface area contributed by atoms with Crippen LogP contribution in [0.2, 0.25) is 0 Å². The van der Waals surface area contributed by atoms with Crippen molar-refractivity contribution in [3.05, 3.63) is 103 Å². The van der Waals surface area contributed by atoms with Crippen molar-refractivity contribution < 1.29 is 33.8 Å². The summed E-state index contributed by atoms with van der Waals surface area (Å²) in [6, 6.07) is 22.2. The van der Waals surface area contributed by atoms with Crippen molar-refractivity contribution in [3.8, 4) is 22.8 Å². The van der Waals surface area contributed by atoms with Crippen LogP contribution in [0.1, 0.15) is 50.3 Å². The van der Waals surface area contributed by atoms with Gasteiger partial charge in [-0.05, 0) is 48.4 Å². The highest BCUT2D eigenvalue weighted by Gasteiger charge is 2.61. The first-order valence-electron chi connectivity index (χ1n) is 18.4. The molecule has 4 N–H and O–H groups in total. The molecule has 3 aliphatic rings. The summed E-state index contributed by atoms with van der Waals surface area (Å²) in [6.07, 6.45) is 2.73. The molecule has 0 spiro atoms. The molecule has 4 aromatic rings. The lowest BCUT2D eigenvalue weighted by molar-refractivity contribution is -0.144. The zero-order chi connectivity index (χ0) is 38.1. The minimum absolute atomic E-state index is 0.00203. The maximum atomic E-state index is 14.2. The highest BCUT2D eigenvalue weighted by molar-refractivity contribution is 5.95. The molecule has 12 nitrogen and oxygen atoms in total. The molecule has 12 heteroatoms. The van der Waals surface area contributed by atoms with Gasteiger partial charge in [0.15, 0.2) is 0 Å². The molecule has 4 amide bonds. The predicted octanol–water partition coefficient (Wildman–Crippen LogP) is 5.42. The number of nitrogens with zero attached hydrogens (tertiary/aromatic N) is 2. The molecule has 6 atom stereocenters. The molecule has 0 bridgehead atoms. The maximum Gasteiger partial charge on any atom is 0.330 e. The first kappa shape index (κ1) is 36.4. The van der Waals surface area contributed by atoms with Gasteiger partial charge < -0.3 is 35.4 Å². The molecule has 2 aliphatic carbocycles. The first-order valence-corrected chi connectivity index (χ1v) is 18.4. The van der Waals surface area contributed by atoms with E-state index in [1.807, 2.05) is 86.6 Å². The molecule has 2 fully saturated rings. The van der Waals surface area contributed by atoms with E-state index in [1.54, 1.807) is 7.11 Å². The highest BCUT2D eigenvalue weighted by Crippen LogP contribution is 2.45. The summed E-state index contributed by atoms with van der Waals surface area (Å²) in [5.74, 6) is -1.71. The number of amides is 4. The molecule has 54 heavy (non-hydrogen) atoms. The van der Waals surface area contributed by atoms with Crippen LogP contribution in [0, 0.1) is 11.8 Å². The van der Waals surface area contributed by atoms with Crippen LogP contribution in [0.5, 0.6) is 11.5 Å². The van der Waals surface area contributed by atoms with Gasteiger partial charge in [0, 0.05) is 35.4 Å². The molecular weight excluding hydrogens is 686 g/mol. The van der Waals surface area contributed by atoms with Crippen LogP contribution in [0.25, 0.3) is 22.2 Å². The largest absolute Gasteiger partial charge is 0.497 e. The molecule has 3 aromatic carbocycles. The fourth-order valence-electron chi connectivity index (χ4n) is 7.73. The molecular formula is C42H45N5O7. The summed E-state index contributed by atoms with van der Waals surface area (Å²) in [5, 5.41) is 19.5. The highest BCUT2D eigenvalue weighted by atomic mass is 16.5. The first-order chi connectivity index (χ1) is 26.0. The normalized spacial score (nSPS) is 23.3. The van der Waals surface area contributed by atoms with Crippen molar-refractivity contribution >= 4 is 34.7 Å². The van der Waals surface area contributed by atoms with Crippen molar-refractivity contribution in [1.82, 2.24) is 25.8 Å². The van der Waals surface area contributed by atoms with Crippen LogP contribution in [-0.4, -0.2) is 76.2 Å².